The van der Waals surface area contributed by atoms with E-state index in [-0.39, 0.29) is 5.78 Å². The first kappa shape index (κ1) is 9.15. The average molecular weight is 206 g/mol. The summed E-state index contributed by atoms with van der Waals surface area (Å²) in [4.78, 5) is 11.1. The SMILES string of the molecule is CC(=O)c1ccc2c(c1)CNC(=S)N2. The van der Waals surface area contributed by atoms with Crippen LogP contribution in [0.2, 0.25) is 0 Å². The second-order valence-electron chi connectivity index (χ2n) is 3.24. The maximum absolute atomic E-state index is 11.1. The maximum Gasteiger partial charge on any atom is 0.171 e. The third kappa shape index (κ3) is 1.61. The van der Waals surface area contributed by atoms with Gasteiger partial charge in [-0.2, -0.15) is 0 Å². The molecule has 1 aromatic rings. The first-order chi connectivity index (χ1) is 6.66. The van der Waals surface area contributed by atoms with Gasteiger partial charge in [-0.25, -0.2) is 0 Å². The number of carbonyl (C=O) groups excluding carboxylic acids is 1. The molecule has 0 aliphatic carbocycles. The number of hydrogen-bond donors (Lipinski definition) is 2. The highest BCUT2D eigenvalue weighted by Gasteiger charge is 2.12. The van der Waals surface area contributed by atoms with E-state index < -0.39 is 0 Å². The highest BCUT2D eigenvalue weighted by atomic mass is 32.1. The van der Waals surface area contributed by atoms with Crippen molar-refractivity contribution >= 4 is 28.8 Å². The molecular weight excluding hydrogens is 196 g/mol. The Labute approximate surface area is 87.5 Å². The van der Waals surface area contributed by atoms with E-state index in [9.17, 15) is 4.79 Å². The number of nitrogens with one attached hydrogen (secondary N) is 2. The van der Waals surface area contributed by atoms with E-state index in [1.165, 1.54) is 0 Å². The molecule has 0 aromatic heterocycles. The predicted octanol–water partition coefficient (Wildman–Crippen LogP) is 1.69. The summed E-state index contributed by atoms with van der Waals surface area (Å²) in [6, 6.07) is 5.58. The van der Waals surface area contributed by atoms with Gasteiger partial charge in [0, 0.05) is 17.8 Å². The fourth-order valence-corrected chi connectivity index (χ4v) is 1.61. The number of thiocarbonyl (C=S) groups is 1. The molecule has 0 saturated carbocycles. The Hall–Kier alpha value is -1.42. The van der Waals surface area contributed by atoms with E-state index in [0.29, 0.717) is 11.7 Å². The number of rotatable bonds is 1. The summed E-state index contributed by atoms with van der Waals surface area (Å²) in [5, 5.41) is 6.68. The van der Waals surface area contributed by atoms with Gasteiger partial charge in [-0.3, -0.25) is 4.79 Å². The van der Waals surface area contributed by atoms with Gasteiger partial charge in [-0.15, -0.1) is 0 Å². The molecule has 3 nitrogen and oxygen atoms in total. The minimum absolute atomic E-state index is 0.0842. The summed E-state index contributed by atoms with van der Waals surface area (Å²) < 4.78 is 0. The molecule has 0 amide bonds. The molecule has 1 aromatic carbocycles. The number of carbonyl (C=O) groups is 1. The van der Waals surface area contributed by atoms with Crippen molar-refractivity contribution < 1.29 is 4.79 Å². The lowest BCUT2D eigenvalue weighted by Crippen LogP contribution is -2.33. The fourth-order valence-electron chi connectivity index (χ4n) is 1.42. The van der Waals surface area contributed by atoms with E-state index in [0.717, 1.165) is 16.8 Å². The molecule has 1 heterocycles. The number of benzene rings is 1. The molecule has 0 fully saturated rings. The van der Waals surface area contributed by atoms with Crippen LogP contribution in [0.15, 0.2) is 18.2 Å². The van der Waals surface area contributed by atoms with Crippen LogP contribution in [0.25, 0.3) is 0 Å². The highest BCUT2D eigenvalue weighted by molar-refractivity contribution is 7.80. The van der Waals surface area contributed by atoms with Crippen LogP contribution in [-0.2, 0) is 6.54 Å². The normalized spacial score (nSPS) is 13.9. The topological polar surface area (TPSA) is 41.1 Å². The average Bonchev–Trinajstić information content (AvgIpc) is 2.16. The molecule has 0 radical (unpaired) electrons. The molecule has 2 N–H and O–H groups in total. The van der Waals surface area contributed by atoms with Crippen molar-refractivity contribution in [2.75, 3.05) is 5.32 Å². The summed E-state index contributed by atoms with van der Waals surface area (Å²) in [7, 11) is 0. The van der Waals surface area contributed by atoms with E-state index in [1.807, 2.05) is 18.2 Å². The second kappa shape index (κ2) is 3.38. The van der Waals surface area contributed by atoms with Gasteiger partial charge in [0.15, 0.2) is 10.9 Å². The summed E-state index contributed by atoms with van der Waals surface area (Å²) >= 11 is 4.98. The van der Waals surface area contributed by atoms with Gasteiger partial charge >= 0.3 is 0 Å². The molecule has 0 unspecified atom stereocenters. The van der Waals surface area contributed by atoms with Crippen molar-refractivity contribution in [3.63, 3.8) is 0 Å². The molecular formula is C10H10N2OS. The van der Waals surface area contributed by atoms with Crippen LogP contribution in [-0.4, -0.2) is 10.9 Å². The minimum atomic E-state index is 0.0842. The van der Waals surface area contributed by atoms with Crippen molar-refractivity contribution in [2.45, 2.75) is 13.5 Å². The smallest absolute Gasteiger partial charge is 0.171 e. The lowest BCUT2D eigenvalue weighted by molar-refractivity contribution is 0.101. The highest BCUT2D eigenvalue weighted by Crippen LogP contribution is 2.20. The molecule has 14 heavy (non-hydrogen) atoms. The molecule has 1 aliphatic heterocycles. The van der Waals surface area contributed by atoms with Crippen molar-refractivity contribution in [1.29, 1.82) is 0 Å². The van der Waals surface area contributed by atoms with Crippen LogP contribution in [0.1, 0.15) is 22.8 Å². The number of fused-ring (bicyclic) bond motifs is 1. The number of anilines is 1. The Kier molecular flexibility index (Phi) is 2.21. The Bertz CT molecular complexity index is 415. The van der Waals surface area contributed by atoms with Crippen LogP contribution in [0, 0.1) is 0 Å². The zero-order chi connectivity index (χ0) is 10.1. The number of Topliss-reactive ketones (excluding diaryl/α,β-unsaturated/α-hetero) is 1. The molecule has 0 saturated heterocycles. The summed E-state index contributed by atoms with van der Waals surface area (Å²) in [5.41, 5.74) is 2.80. The van der Waals surface area contributed by atoms with Gasteiger partial charge in [-0.1, -0.05) is 0 Å². The zero-order valence-electron chi connectivity index (χ0n) is 7.76. The summed E-state index contributed by atoms with van der Waals surface area (Å²) in [5.74, 6) is 0.0842. The third-order valence-electron chi connectivity index (χ3n) is 2.20. The van der Waals surface area contributed by atoms with Crippen LogP contribution in [0.3, 0.4) is 0 Å². The molecule has 72 valence electrons. The van der Waals surface area contributed by atoms with Gasteiger partial charge in [0.2, 0.25) is 0 Å². The molecule has 0 bridgehead atoms. The Morgan fingerprint density at radius 3 is 3.00 bits per heavy atom. The predicted molar refractivity (Wildman–Crippen MR) is 59.5 cm³/mol. The largest absolute Gasteiger partial charge is 0.358 e. The second-order valence-corrected chi connectivity index (χ2v) is 3.64. The van der Waals surface area contributed by atoms with Gasteiger partial charge in [0.05, 0.1) is 0 Å². The number of ketones is 1. The van der Waals surface area contributed by atoms with Crippen LogP contribution >= 0.6 is 12.2 Å². The monoisotopic (exact) mass is 206 g/mol. The fraction of sp³-hybridized carbons (Fsp3) is 0.200. The Morgan fingerprint density at radius 2 is 2.29 bits per heavy atom. The number of hydrogen-bond acceptors (Lipinski definition) is 2. The summed E-state index contributed by atoms with van der Waals surface area (Å²) in [6.45, 7) is 2.25. The first-order valence-corrected chi connectivity index (χ1v) is 4.76. The van der Waals surface area contributed by atoms with Crippen LogP contribution in [0.4, 0.5) is 5.69 Å². The Balaban J connectivity index is 2.41. The van der Waals surface area contributed by atoms with Gasteiger partial charge < -0.3 is 10.6 Å². The van der Waals surface area contributed by atoms with Crippen LogP contribution < -0.4 is 10.6 Å². The van der Waals surface area contributed by atoms with Crippen LogP contribution in [0.5, 0.6) is 0 Å². The standard InChI is InChI=1S/C10H10N2OS/c1-6(13)7-2-3-9-8(4-7)5-11-10(14)12-9/h2-4H,5H2,1H3,(H2,11,12,14). The molecule has 0 spiro atoms. The van der Waals surface area contributed by atoms with E-state index in [1.54, 1.807) is 6.92 Å². The third-order valence-corrected chi connectivity index (χ3v) is 2.45. The zero-order valence-corrected chi connectivity index (χ0v) is 8.57. The van der Waals surface area contributed by atoms with Gasteiger partial charge in [0.25, 0.3) is 0 Å². The first-order valence-electron chi connectivity index (χ1n) is 4.35. The maximum atomic E-state index is 11.1. The van der Waals surface area contributed by atoms with Crippen molar-refractivity contribution in [1.82, 2.24) is 5.32 Å². The quantitative estimate of drug-likeness (QED) is 0.542. The van der Waals surface area contributed by atoms with Crippen molar-refractivity contribution in [3.05, 3.63) is 29.3 Å². The van der Waals surface area contributed by atoms with Gasteiger partial charge in [0.1, 0.15) is 0 Å². The lowest BCUT2D eigenvalue weighted by Gasteiger charge is -2.20. The van der Waals surface area contributed by atoms with Gasteiger partial charge in [-0.05, 0) is 42.9 Å². The minimum Gasteiger partial charge on any atom is -0.358 e. The van der Waals surface area contributed by atoms with E-state index >= 15 is 0 Å². The van der Waals surface area contributed by atoms with E-state index in [4.69, 9.17) is 12.2 Å². The Morgan fingerprint density at radius 1 is 1.50 bits per heavy atom. The van der Waals surface area contributed by atoms with E-state index in [2.05, 4.69) is 10.6 Å². The summed E-state index contributed by atoms with van der Waals surface area (Å²) in [6.07, 6.45) is 0. The molecule has 1 aliphatic rings. The molecule has 0 atom stereocenters. The molecule has 2 rings (SSSR count). The molecule has 4 heteroatoms. The van der Waals surface area contributed by atoms with Crippen molar-refractivity contribution in [2.24, 2.45) is 0 Å². The van der Waals surface area contributed by atoms with Crippen molar-refractivity contribution in [3.8, 4) is 0 Å². The lowest BCUT2D eigenvalue weighted by atomic mass is 10.1.